The smallest absolute Gasteiger partial charge is 0.306 e. The van der Waals surface area contributed by atoms with Gasteiger partial charge in [0.05, 0.1) is 12.1 Å². The molecule has 0 bridgehead atoms. The molecule has 1 aromatic heterocycles. The molecule has 20 heavy (non-hydrogen) atoms. The van der Waals surface area contributed by atoms with Gasteiger partial charge in [-0.3, -0.25) is 9.59 Å². The Labute approximate surface area is 117 Å². The van der Waals surface area contributed by atoms with Crippen molar-refractivity contribution in [3.05, 3.63) is 59.9 Å². The largest absolute Gasteiger partial charge is 0.457 e. The van der Waals surface area contributed by atoms with Gasteiger partial charge in [-0.15, -0.1) is 0 Å². The first-order chi connectivity index (χ1) is 9.66. The first-order valence-corrected chi connectivity index (χ1v) is 6.54. The minimum atomic E-state index is -0.360. The van der Waals surface area contributed by atoms with Crippen molar-refractivity contribution in [1.82, 2.24) is 4.98 Å². The summed E-state index contributed by atoms with van der Waals surface area (Å²) in [6, 6.07) is 13.1. The summed E-state index contributed by atoms with van der Waals surface area (Å²) in [6.07, 6.45) is 1.93. The Morgan fingerprint density at radius 1 is 1.15 bits per heavy atom. The molecule has 0 aliphatic carbocycles. The number of H-pyrrole nitrogens is 1. The van der Waals surface area contributed by atoms with Crippen LogP contribution in [0.2, 0.25) is 0 Å². The van der Waals surface area contributed by atoms with E-state index in [0.717, 1.165) is 5.56 Å². The van der Waals surface area contributed by atoms with Crippen molar-refractivity contribution in [1.29, 1.82) is 0 Å². The van der Waals surface area contributed by atoms with Crippen LogP contribution >= 0.6 is 0 Å². The highest BCUT2D eigenvalue weighted by molar-refractivity contribution is 5.96. The average Bonchev–Trinajstić information content (AvgIpc) is 3.00. The molecule has 0 saturated heterocycles. The van der Waals surface area contributed by atoms with E-state index in [9.17, 15) is 9.59 Å². The molecule has 0 spiro atoms. The molecule has 4 nitrogen and oxygen atoms in total. The fourth-order valence-electron chi connectivity index (χ4n) is 1.94. The van der Waals surface area contributed by atoms with E-state index in [2.05, 4.69) is 4.98 Å². The minimum absolute atomic E-state index is 0.0734. The molecule has 0 radical (unpaired) electrons. The summed E-state index contributed by atoms with van der Waals surface area (Å²) in [4.78, 5) is 26.2. The summed E-state index contributed by atoms with van der Waals surface area (Å²) in [7, 11) is 0. The second-order valence-electron chi connectivity index (χ2n) is 4.68. The molecule has 4 heteroatoms. The minimum Gasteiger partial charge on any atom is -0.457 e. The molecule has 1 heterocycles. The van der Waals surface area contributed by atoms with E-state index in [1.807, 2.05) is 37.3 Å². The number of Topliss-reactive ketones (excluding diaryl/α,β-unsaturated/α-hetero) is 1. The van der Waals surface area contributed by atoms with Crippen molar-refractivity contribution in [2.24, 2.45) is 0 Å². The van der Waals surface area contributed by atoms with Gasteiger partial charge < -0.3 is 9.72 Å². The van der Waals surface area contributed by atoms with Crippen LogP contribution < -0.4 is 0 Å². The monoisotopic (exact) mass is 271 g/mol. The number of rotatable bonds is 6. The Kier molecular flexibility index (Phi) is 4.71. The topological polar surface area (TPSA) is 59.2 Å². The van der Waals surface area contributed by atoms with Gasteiger partial charge in [-0.25, -0.2) is 0 Å². The molecule has 104 valence electrons. The van der Waals surface area contributed by atoms with E-state index < -0.39 is 0 Å². The van der Waals surface area contributed by atoms with E-state index in [-0.39, 0.29) is 30.7 Å². The molecule has 0 amide bonds. The predicted molar refractivity (Wildman–Crippen MR) is 75.6 cm³/mol. The summed E-state index contributed by atoms with van der Waals surface area (Å²) in [6.45, 7) is 1.74. The van der Waals surface area contributed by atoms with Crippen LogP contribution in [-0.2, 0) is 9.53 Å². The number of carbonyl (C=O) groups excluding carboxylic acids is 2. The zero-order valence-corrected chi connectivity index (χ0v) is 11.3. The van der Waals surface area contributed by atoms with E-state index in [0.29, 0.717) is 5.69 Å². The normalized spacial score (nSPS) is 11.8. The van der Waals surface area contributed by atoms with Crippen LogP contribution in [-0.4, -0.2) is 23.3 Å². The number of hydrogen-bond acceptors (Lipinski definition) is 3. The number of aromatic amines is 1. The molecule has 0 fully saturated rings. The Hall–Kier alpha value is -2.36. The van der Waals surface area contributed by atoms with Gasteiger partial charge in [0.1, 0.15) is 0 Å². The zero-order valence-electron chi connectivity index (χ0n) is 11.3. The van der Waals surface area contributed by atoms with E-state index >= 15 is 0 Å². The molecule has 0 aliphatic heterocycles. The molecule has 2 aromatic rings. The highest BCUT2D eigenvalue weighted by Gasteiger charge is 2.14. The highest BCUT2D eigenvalue weighted by atomic mass is 16.5. The van der Waals surface area contributed by atoms with E-state index in [1.54, 1.807) is 18.3 Å². The van der Waals surface area contributed by atoms with Crippen molar-refractivity contribution in [2.45, 2.75) is 19.3 Å². The number of esters is 1. The van der Waals surface area contributed by atoms with Gasteiger partial charge in [-0.1, -0.05) is 37.3 Å². The Balaban J connectivity index is 1.80. The van der Waals surface area contributed by atoms with Crippen LogP contribution in [0.1, 0.15) is 35.3 Å². The maximum atomic E-state index is 11.7. The number of hydrogen-bond donors (Lipinski definition) is 1. The molecule has 2 rings (SSSR count). The Morgan fingerprint density at radius 2 is 1.90 bits per heavy atom. The number of carbonyl (C=O) groups is 2. The molecule has 0 unspecified atom stereocenters. The van der Waals surface area contributed by atoms with Crippen molar-refractivity contribution < 1.29 is 14.3 Å². The quantitative estimate of drug-likeness (QED) is 0.649. The summed E-state index contributed by atoms with van der Waals surface area (Å²) in [5, 5.41) is 0. The molecule has 0 saturated carbocycles. The number of ether oxygens (including phenoxy) is 1. The zero-order chi connectivity index (χ0) is 14.4. The summed E-state index contributed by atoms with van der Waals surface area (Å²) in [5.41, 5.74) is 1.54. The van der Waals surface area contributed by atoms with Gasteiger partial charge in [0.15, 0.2) is 6.61 Å². The summed E-state index contributed by atoms with van der Waals surface area (Å²) < 4.78 is 5.01. The second kappa shape index (κ2) is 6.70. The third kappa shape index (κ3) is 3.82. The van der Waals surface area contributed by atoms with Crippen molar-refractivity contribution in [2.75, 3.05) is 6.61 Å². The van der Waals surface area contributed by atoms with Gasteiger partial charge >= 0.3 is 5.97 Å². The first kappa shape index (κ1) is 14.1. The molecule has 1 N–H and O–H groups in total. The lowest BCUT2D eigenvalue weighted by Crippen LogP contribution is -2.15. The number of benzene rings is 1. The maximum absolute atomic E-state index is 11.7. The average molecular weight is 271 g/mol. The van der Waals surface area contributed by atoms with Crippen LogP contribution in [0.3, 0.4) is 0 Å². The third-order valence-electron chi connectivity index (χ3n) is 3.10. The fourth-order valence-corrected chi connectivity index (χ4v) is 1.94. The third-order valence-corrected chi connectivity index (χ3v) is 3.10. The number of nitrogens with one attached hydrogen (secondary N) is 1. The van der Waals surface area contributed by atoms with Crippen LogP contribution in [0.15, 0.2) is 48.7 Å². The van der Waals surface area contributed by atoms with Crippen LogP contribution in [0.5, 0.6) is 0 Å². The summed E-state index contributed by atoms with van der Waals surface area (Å²) >= 11 is 0. The number of aromatic nitrogens is 1. The van der Waals surface area contributed by atoms with E-state index in [1.165, 1.54) is 0 Å². The summed E-state index contributed by atoms with van der Waals surface area (Å²) in [5.74, 6) is -0.513. The van der Waals surface area contributed by atoms with Crippen LogP contribution in [0.4, 0.5) is 0 Å². The standard InChI is InChI=1S/C16H17NO3/c1-12(13-6-3-2-4-7-13)10-16(19)20-11-15(18)14-8-5-9-17-14/h2-9,12,17H,10-11H2,1H3/t12-/m1/s1. The van der Waals surface area contributed by atoms with E-state index in [4.69, 9.17) is 4.74 Å². The van der Waals surface area contributed by atoms with Gasteiger partial charge in [-0.2, -0.15) is 0 Å². The Morgan fingerprint density at radius 3 is 2.55 bits per heavy atom. The maximum Gasteiger partial charge on any atom is 0.306 e. The van der Waals surface area contributed by atoms with Crippen molar-refractivity contribution in [3.63, 3.8) is 0 Å². The van der Waals surface area contributed by atoms with Gasteiger partial charge in [-0.05, 0) is 23.6 Å². The lowest BCUT2D eigenvalue weighted by Gasteiger charge is -2.11. The highest BCUT2D eigenvalue weighted by Crippen LogP contribution is 2.18. The van der Waals surface area contributed by atoms with Crippen molar-refractivity contribution >= 4 is 11.8 Å². The molecule has 1 aromatic carbocycles. The first-order valence-electron chi connectivity index (χ1n) is 6.54. The van der Waals surface area contributed by atoms with Gasteiger partial charge in [0, 0.05) is 6.20 Å². The number of ketones is 1. The lowest BCUT2D eigenvalue weighted by molar-refractivity contribution is -0.142. The molecular formula is C16H17NO3. The van der Waals surface area contributed by atoms with Crippen molar-refractivity contribution in [3.8, 4) is 0 Å². The molecule has 1 atom stereocenters. The molecule has 0 aliphatic rings. The SMILES string of the molecule is C[C@H](CC(=O)OCC(=O)c1ccc[nH]1)c1ccccc1. The molecular weight excluding hydrogens is 254 g/mol. The Bertz CT molecular complexity index is 561. The van der Waals surface area contributed by atoms with Crippen LogP contribution in [0, 0.1) is 0 Å². The van der Waals surface area contributed by atoms with Crippen LogP contribution in [0.25, 0.3) is 0 Å². The predicted octanol–water partition coefficient (Wildman–Crippen LogP) is 2.93. The van der Waals surface area contributed by atoms with Gasteiger partial charge in [0.25, 0.3) is 0 Å². The van der Waals surface area contributed by atoms with Gasteiger partial charge in [0.2, 0.25) is 5.78 Å². The lowest BCUT2D eigenvalue weighted by atomic mass is 9.98. The fraction of sp³-hybridized carbons (Fsp3) is 0.250. The second-order valence-corrected chi connectivity index (χ2v) is 4.68.